The molecule has 0 spiro atoms. The number of amides is 1. The fourth-order valence-corrected chi connectivity index (χ4v) is 3.74. The quantitative estimate of drug-likeness (QED) is 0.314. The van der Waals surface area contributed by atoms with Crippen LogP contribution in [0.2, 0.25) is 15.1 Å². The van der Waals surface area contributed by atoms with Gasteiger partial charge >= 0.3 is 0 Å². The van der Waals surface area contributed by atoms with Crippen LogP contribution in [0.3, 0.4) is 0 Å². The molecule has 3 aromatic carbocycles. The van der Waals surface area contributed by atoms with E-state index in [-0.39, 0.29) is 5.91 Å². The molecule has 8 heteroatoms. The summed E-state index contributed by atoms with van der Waals surface area (Å²) in [6.07, 6.45) is 2.96. The number of nitrogens with zero attached hydrogens (tertiary/aromatic N) is 1. The van der Waals surface area contributed by atoms with Crippen molar-refractivity contribution in [3.8, 4) is 17.2 Å². The number of rotatable bonds is 5. The predicted octanol–water partition coefficient (Wildman–Crippen LogP) is 7.12. The molecule has 0 unspecified atom stereocenters. The predicted molar refractivity (Wildman–Crippen MR) is 125 cm³/mol. The average Bonchev–Trinajstić information content (AvgIpc) is 3.15. The van der Waals surface area contributed by atoms with Crippen LogP contribution >= 0.6 is 34.8 Å². The van der Waals surface area contributed by atoms with Gasteiger partial charge in [-0.1, -0.05) is 34.8 Å². The van der Waals surface area contributed by atoms with Crippen molar-refractivity contribution in [2.24, 2.45) is 0 Å². The Labute approximate surface area is 193 Å². The summed E-state index contributed by atoms with van der Waals surface area (Å²) in [5.74, 6) is 0.599. The number of oxazole rings is 1. The number of halogens is 3. The highest BCUT2D eigenvalue weighted by Gasteiger charge is 2.10. The van der Waals surface area contributed by atoms with Crippen LogP contribution in [0.25, 0.3) is 28.6 Å². The SMILES string of the molecule is COc1c(Cl)cc(Cl)cc1/C=C/C(=O)Nc1ccc(-c2nc3cc(Cl)ccc3o2)cc1. The summed E-state index contributed by atoms with van der Waals surface area (Å²) < 4.78 is 11.0. The maximum atomic E-state index is 12.3. The Hall–Kier alpha value is -2.99. The van der Waals surface area contributed by atoms with E-state index in [1.54, 1.807) is 48.5 Å². The molecule has 5 nitrogen and oxygen atoms in total. The summed E-state index contributed by atoms with van der Waals surface area (Å²) in [5.41, 5.74) is 3.33. The first-order chi connectivity index (χ1) is 14.9. The molecule has 1 amide bonds. The van der Waals surface area contributed by atoms with Crippen LogP contribution < -0.4 is 10.1 Å². The van der Waals surface area contributed by atoms with Gasteiger partial charge in [-0.05, 0) is 60.7 Å². The fourth-order valence-electron chi connectivity index (χ4n) is 2.99. The van der Waals surface area contributed by atoms with Crippen LogP contribution in [0, 0.1) is 0 Å². The van der Waals surface area contributed by atoms with Crippen molar-refractivity contribution in [3.63, 3.8) is 0 Å². The zero-order valence-electron chi connectivity index (χ0n) is 16.2. The number of fused-ring (bicyclic) bond motifs is 1. The number of methoxy groups -OCH3 is 1. The number of hydrogen-bond donors (Lipinski definition) is 1. The third kappa shape index (κ3) is 4.85. The minimum absolute atomic E-state index is 0.317. The maximum Gasteiger partial charge on any atom is 0.248 e. The Balaban J connectivity index is 1.47. The molecule has 0 aliphatic carbocycles. The molecule has 4 aromatic rings. The number of carbonyl (C=O) groups is 1. The highest BCUT2D eigenvalue weighted by molar-refractivity contribution is 6.36. The van der Waals surface area contributed by atoms with Gasteiger partial charge in [-0.2, -0.15) is 0 Å². The van der Waals surface area contributed by atoms with Crippen molar-refractivity contribution in [2.75, 3.05) is 12.4 Å². The first-order valence-corrected chi connectivity index (χ1v) is 10.2. The minimum atomic E-state index is -0.317. The Morgan fingerprint density at radius 1 is 1.03 bits per heavy atom. The van der Waals surface area contributed by atoms with Gasteiger partial charge in [0.15, 0.2) is 5.58 Å². The molecule has 1 aromatic heterocycles. The summed E-state index contributed by atoms with van der Waals surface area (Å²) in [6, 6.07) is 15.7. The van der Waals surface area contributed by atoms with Gasteiger partial charge in [0, 0.05) is 32.9 Å². The number of benzene rings is 3. The van der Waals surface area contributed by atoms with Crippen LogP contribution in [0.4, 0.5) is 5.69 Å². The Kier molecular flexibility index (Phi) is 6.18. The minimum Gasteiger partial charge on any atom is -0.495 e. The maximum absolute atomic E-state index is 12.3. The highest BCUT2D eigenvalue weighted by Crippen LogP contribution is 2.33. The van der Waals surface area contributed by atoms with Crippen molar-refractivity contribution in [3.05, 3.63) is 81.3 Å². The standard InChI is InChI=1S/C23H15Cl3N2O3/c1-30-22-14(10-16(25)11-18(22)26)4-9-21(29)27-17-6-2-13(3-7-17)23-28-19-12-15(24)5-8-20(19)31-23/h2-12H,1H3,(H,27,29)/b9-4+. The van der Waals surface area contributed by atoms with Crippen molar-refractivity contribution in [1.29, 1.82) is 0 Å². The van der Waals surface area contributed by atoms with E-state index in [9.17, 15) is 4.79 Å². The van der Waals surface area contributed by atoms with E-state index < -0.39 is 0 Å². The molecule has 4 rings (SSSR count). The first-order valence-electron chi connectivity index (χ1n) is 9.11. The first kappa shape index (κ1) is 21.2. The van der Waals surface area contributed by atoms with Gasteiger partial charge in [0.2, 0.25) is 11.8 Å². The Morgan fingerprint density at radius 2 is 1.81 bits per heavy atom. The number of ether oxygens (including phenoxy) is 1. The molecule has 0 atom stereocenters. The Morgan fingerprint density at radius 3 is 2.55 bits per heavy atom. The van der Waals surface area contributed by atoms with Crippen LogP contribution in [-0.2, 0) is 4.79 Å². The fraction of sp³-hybridized carbons (Fsp3) is 0.0435. The Bertz CT molecular complexity index is 1300. The lowest BCUT2D eigenvalue weighted by molar-refractivity contribution is -0.111. The van der Waals surface area contributed by atoms with E-state index in [4.69, 9.17) is 44.0 Å². The van der Waals surface area contributed by atoms with Crippen molar-refractivity contribution in [2.45, 2.75) is 0 Å². The van der Waals surface area contributed by atoms with E-state index in [2.05, 4.69) is 10.3 Å². The third-order valence-electron chi connectivity index (χ3n) is 4.40. The van der Waals surface area contributed by atoms with Crippen molar-refractivity contribution in [1.82, 2.24) is 4.98 Å². The van der Waals surface area contributed by atoms with Gasteiger partial charge in [-0.15, -0.1) is 0 Å². The topological polar surface area (TPSA) is 64.4 Å². The molecule has 0 aliphatic heterocycles. The van der Waals surface area contributed by atoms with Gasteiger partial charge in [-0.25, -0.2) is 4.98 Å². The monoisotopic (exact) mass is 472 g/mol. The molecule has 0 aliphatic rings. The van der Waals surface area contributed by atoms with E-state index in [1.165, 1.54) is 13.2 Å². The number of hydrogen-bond acceptors (Lipinski definition) is 4. The normalized spacial score (nSPS) is 11.2. The molecule has 0 saturated heterocycles. The largest absolute Gasteiger partial charge is 0.495 e. The zero-order chi connectivity index (χ0) is 22.0. The lowest BCUT2D eigenvalue weighted by atomic mass is 10.1. The van der Waals surface area contributed by atoms with Crippen molar-refractivity contribution < 1.29 is 13.9 Å². The average molecular weight is 474 g/mol. The second-order valence-corrected chi connectivity index (χ2v) is 7.82. The van der Waals surface area contributed by atoms with Gasteiger partial charge in [0.05, 0.1) is 12.1 Å². The van der Waals surface area contributed by atoms with Gasteiger partial charge in [-0.3, -0.25) is 4.79 Å². The summed E-state index contributed by atoms with van der Waals surface area (Å²) in [5, 5.41) is 4.20. The van der Waals surface area contributed by atoms with Gasteiger partial charge < -0.3 is 14.5 Å². The molecule has 156 valence electrons. The number of nitrogens with one attached hydrogen (secondary N) is 1. The molecule has 1 heterocycles. The molecular weight excluding hydrogens is 459 g/mol. The molecule has 0 saturated carbocycles. The molecule has 31 heavy (non-hydrogen) atoms. The summed E-state index contributed by atoms with van der Waals surface area (Å²) >= 11 is 18.1. The van der Waals surface area contributed by atoms with Crippen LogP contribution in [0.15, 0.2) is 65.1 Å². The van der Waals surface area contributed by atoms with Crippen LogP contribution in [0.5, 0.6) is 5.75 Å². The highest BCUT2D eigenvalue weighted by atomic mass is 35.5. The summed E-state index contributed by atoms with van der Waals surface area (Å²) in [7, 11) is 1.50. The third-order valence-corrected chi connectivity index (χ3v) is 5.14. The number of anilines is 1. The lowest BCUT2D eigenvalue weighted by Gasteiger charge is -2.08. The summed E-state index contributed by atoms with van der Waals surface area (Å²) in [4.78, 5) is 16.8. The second kappa shape index (κ2) is 9.02. The van der Waals surface area contributed by atoms with E-state index in [0.29, 0.717) is 49.1 Å². The van der Waals surface area contributed by atoms with E-state index in [1.807, 2.05) is 12.1 Å². The number of carbonyl (C=O) groups excluding carboxylic acids is 1. The number of aromatic nitrogens is 1. The van der Waals surface area contributed by atoms with E-state index >= 15 is 0 Å². The smallest absolute Gasteiger partial charge is 0.248 e. The lowest BCUT2D eigenvalue weighted by Crippen LogP contribution is -2.07. The van der Waals surface area contributed by atoms with Gasteiger partial charge in [0.25, 0.3) is 0 Å². The molecular formula is C23H15Cl3N2O3. The van der Waals surface area contributed by atoms with Crippen LogP contribution in [0.1, 0.15) is 5.56 Å². The molecule has 1 N–H and O–H groups in total. The van der Waals surface area contributed by atoms with E-state index in [0.717, 1.165) is 5.56 Å². The molecule has 0 fully saturated rings. The van der Waals surface area contributed by atoms with Crippen LogP contribution in [-0.4, -0.2) is 18.0 Å². The molecule has 0 bridgehead atoms. The van der Waals surface area contributed by atoms with Gasteiger partial charge in [0.1, 0.15) is 11.3 Å². The zero-order valence-corrected chi connectivity index (χ0v) is 18.4. The second-order valence-electron chi connectivity index (χ2n) is 6.54. The van der Waals surface area contributed by atoms with Crippen molar-refractivity contribution >= 4 is 63.6 Å². The summed E-state index contributed by atoms with van der Waals surface area (Å²) in [6.45, 7) is 0. The molecule has 0 radical (unpaired) electrons.